The summed E-state index contributed by atoms with van der Waals surface area (Å²) in [5, 5.41) is 3.38. The second-order valence-electron chi connectivity index (χ2n) is 5.38. The van der Waals surface area contributed by atoms with Crippen molar-refractivity contribution in [3.8, 4) is 5.75 Å². The Labute approximate surface area is 119 Å². The van der Waals surface area contributed by atoms with Crippen LogP contribution in [0.25, 0.3) is 0 Å². The predicted molar refractivity (Wildman–Crippen MR) is 76.8 cm³/mol. The van der Waals surface area contributed by atoms with Gasteiger partial charge in [-0.15, -0.1) is 0 Å². The summed E-state index contributed by atoms with van der Waals surface area (Å²) in [4.78, 5) is 4.30. The van der Waals surface area contributed by atoms with Gasteiger partial charge in [0.25, 0.3) is 0 Å². The first-order valence-electron chi connectivity index (χ1n) is 7.08. The topological polar surface area (TPSA) is 47.3 Å². The summed E-state index contributed by atoms with van der Waals surface area (Å²) in [7, 11) is 0. The number of hydrogen-bond donors (Lipinski definition) is 1. The lowest BCUT2D eigenvalue weighted by atomic mass is 10.0. The van der Waals surface area contributed by atoms with E-state index in [0.717, 1.165) is 36.4 Å². The molecule has 4 heteroatoms. The van der Waals surface area contributed by atoms with E-state index in [-0.39, 0.29) is 6.10 Å². The van der Waals surface area contributed by atoms with Gasteiger partial charge in [0.15, 0.2) is 6.10 Å². The lowest BCUT2D eigenvalue weighted by Crippen LogP contribution is -2.22. The third-order valence-electron chi connectivity index (χ3n) is 3.87. The summed E-state index contributed by atoms with van der Waals surface area (Å²) in [5.74, 6) is 2.01. The van der Waals surface area contributed by atoms with Crippen LogP contribution >= 0.6 is 0 Å². The molecule has 1 aliphatic rings. The molecule has 2 atom stereocenters. The Morgan fingerprint density at radius 3 is 2.75 bits per heavy atom. The van der Waals surface area contributed by atoms with Crippen molar-refractivity contribution in [3.63, 3.8) is 0 Å². The monoisotopic (exact) mass is 272 g/mol. The molecule has 0 spiro atoms. The fourth-order valence-corrected chi connectivity index (χ4v) is 2.77. The van der Waals surface area contributed by atoms with Gasteiger partial charge >= 0.3 is 0 Å². The van der Waals surface area contributed by atoms with Gasteiger partial charge in [0, 0.05) is 12.5 Å². The highest BCUT2D eigenvalue weighted by molar-refractivity contribution is 5.40. The van der Waals surface area contributed by atoms with Gasteiger partial charge in [0.2, 0.25) is 5.89 Å². The van der Waals surface area contributed by atoms with Crippen LogP contribution in [-0.4, -0.2) is 18.1 Å². The van der Waals surface area contributed by atoms with Crippen molar-refractivity contribution in [2.24, 2.45) is 5.92 Å². The molecule has 0 saturated carbocycles. The molecule has 0 bridgehead atoms. The Kier molecular flexibility index (Phi) is 3.74. The van der Waals surface area contributed by atoms with Crippen molar-refractivity contribution in [1.29, 1.82) is 0 Å². The van der Waals surface area contributed by atoms with E-state index in [1.54, 1.807) is 12.5 Å². The Morgan fingerprint density at radius 2 is 2.15 bits per heavy atom. The molecule has 1 saturated heterocycles. The van der Waals surface area contributed by atoms with Gasteiger partial charge < -0.3 is 14.5 Å². The predicted octanol–water partition coefficient (Wildman–Crippen LogP) is 3.02. The maximum Gasteiger partial charge on any atom is 0.235 e. The zero-order chi connectivity index (χ0) is 13.9. The Morgan fingerprint density at radius 1 is 1.35 bits per heavy atom. The Bertz CT molecular complexity index is 540. The third-order valence-corrected chi connectivity index (χ3v) is 3.87. The van der Waals surface area contributed by atoms with Crippen molar-refractivity contribution >= 4 is 0 Å². The van der Waals surface area contributed by atoms with Crippen molar-refractivity contribution < 1.29 is 9.15 Å². The molecule has 1 aromatic heterocycles. The van der Waals surface area contributed by atoms with Gasteiger partial charge in [-0.25, -0.2) is 4.98 Å². The highest BCUT2D eigenvalue weighted by Gasteiger charge is 2.31. The highest BCUT2D eigenvalue weighted by atomic mass is 16.5. The quantitative estimate of drug-likeness (QED) is 0.929. The smallest absolute Gasteiger partial charge is 0.235 e. The Balaban J connectivity index is 1.90. The summed E-state index contributed by atoms with van der Waals surface area (Å²) in [5.41, 5.74) is 2.29. The van der Waals surface area contributed by atoms with Crippen LogP contribution in [0.5, 0.6) is 5.75 Å². The van der Waals surface area contributed by atoms with E-state index >= 15 is 0 Å². The number of para-hydroxylation sites is 1. The average molecular weight is 272 g/mol. The molecule has 3 rings (SSSR count). The van der Waals surface area contributed by atoms with E-state index in [9.17, 15) is 0 Å². The maximum absolute atomic E-state index is 6.31. The molecular weight excluding hydrogens is 252 g/mol. The first-order valence-corrected chi connectivity index (χ1v) is 7.08. The fraction of sp³-hybridized carbons (Fsp3) is 0.438. The minimum absolute atomic E-state index is 0.125. The number of nitrogens with one attached hydrogen (secondary N) is 1. The number of oxazole rings is 1. The molecular formula is C16H20N2O2. The summed E-state index contributed by atoms with van der Waals surface area (Å²) in [6.07, 6.45) is 4.25. The number of ether oxygens (including phenoxy) is 1. The molecule has 1 unspecified atom stereocenters. The number of rotatable bonds is 4. The fourth-order valence-electron chi connectivity index (χ4n) is 2.77. The number of hydrogen-bond acceptors (Lipinski definition) is 4. The van der Waals surface area contributed by atoms with Gasteiger partial charge in [0.1, 0.15) is 12.0 Å². The van der Waals surface area contributed by atoms with E-state index in [0.29, 0.717) is 11.8 Å². The van der Waals surface area contributed by atoms with Gasteiger partial charge in [-0.1, -0.05) is 18.2 Å². The van der Waals surface area contributed by atoms with E-state index in [2.05, 4.69) is 42.3 Å². The van der Waals surface area contributed by atoms with Gasteiger partial charge in [-0.05, 0) is 37.9 Å². The molecule has 106 valence electrons. The van der Waals surface area contributed by atoms with Crippen LogP contribution < -0.4 is 10.1 Å². The van der Waals surface area contributed by atoms with Crippen LogP contribution in [0.4, 0.5) is 0 Å². The summed E-state index contributed by atoms with van der Waals surface area (Å²) < 4.78 is 11.8. The lowest BCUT2D eigenvalue weighted by Gasteiger charge is -2.23. The van der Waals surface area contributed by atoms with Crippen LogP contribution in [0.2, 0.25) is 0 Å². The second-order valence-corrected chi connectivity index (χ2v) is 5.38. The van der Waals surface area contributed by atoms with Gasteiger partial charge in [-0.2, -0.15) is 0 Å². The SMILES string of the molecule is Cc1cccc(C)c1OC(c1ncco1)[C@H]1CCNC1. The zero-order valence-electron chi connectivity index (χ0n) is 11.9. The third kappa shape index (κ3) is 2.56. The number of nitrogens with zero attached hydrogens (tertiary/aromatic N) is 1. The molecule has 1 N–H and O–H groups in total. The Hall–Kier alpha value is -1.81. The first kappa shape index (κ1) is 13.2. The van der Waals surface area contributed by atoms with E-state index in [4.69, 9.17) is 9.15 Å². The largest absolute Gasteiger partial charge is 0.480 e. The van der Waals surface area contributed by atoms with Crippen molar-refractivity contribution in [1.82, 2.24) is 10.3 Å². The molecule has 0 radical (unpaired) electrons. The molecule has 1 fully saturated rings. The second kappa shape index (κ2) is 5.67. The summed E-state index contributed by atoms with van der Waals surface area (Å²) in [6.45, 7) is 6.11. The zero-order valence-corrected chi connectivity index (χ0v) is 11.9. The number of benzene rings is 1. The summed E-state index contributed by atoms with van der Waals surface area (Å²) >= 11 is 0. The van der Waals surface area contributed by atoms with Gasteiger partial charge in [0.05, 0.1) is 6.20 Å². The molecule has 1 aromatic carbocycles. The first-order chi connectivity index (χ1) is 9.75. The molecule has 0 aliphatic carbocycles. The van der Waals surface area contributed by atoms with Crippen molar-refractivity contribution in [3.05, 3.63) is 47.7 Å². The number of aryl methyl sites for hydroxylation is 2. The van der Waals surface area contributed by atoms with Crippen LogP contribution in [0.3, 0.4) is 0 Å². The van der Waals surface area contributed by atoms with Gasteiger partial charge in [-0.3, -0.25) is 0 Å². The molecule has 2 heterocycles. The lowest BCUT2D eigenvalue weighted by molar-refractivity contribution is 0.112. The normalized spacial score (nSPS) is 20.0. The van der Waals surface area contributed by atoms with E-state index < -0.39 is 0 Å². The minimum atomic E-state index is -0.125. The van der Waals surface area contributed by atoms with Crippen LogP contribution in [0.15, 0.2) is 35.1 Å². The molecule has 2 aromatic rings. The van der Waals surface area contributed by atoms with E-state index in [1.807, 2.05) is 0 Å². The standard InChI is InChI=1S/C16H20N2O2/c1-11-4-3-5-12(2)14(11)20-15(13-6-7-17-10-13)16-18-8-9-19-16/h3-5,8-9,13,15,17H,6-7,10H2,1-2H3/t13-,15?/m0/s1. The molecule has 20 heavy (non-hydrogen) atoms. The molecule has 1 aliphatic heterocycles. The average Bonchev–Trinajstić information content (AvgIpc) is 3.12. The summed E-state index contributed by atoms with van der Waals surface area (Å²) in [6, 6.07) is 6.19. The number of aromatic nitrogens is 1. The van der Waals surface area contributed by atoms with Crippen LogP contribution in [-0.2, 0) is 0 Å². The maximum atomic E-state index is 6.31. The molecule has 0 amide bonds. The van der Waals surface area contributed by atoms with E-state index in [1.165, 1.54) is 0 Å². The minimum Gasteiger partial charge on any atom is -0.480 e. The highest BCUT2D eigenvalue weighted by Crippen LogP contribution is 2.34. The van der Waals surface area contributed by atoms with Crippen molar-refractivity contribution in [2.75, 3.05) is 13.1 Å². The molecule has 4 nitrogen and oxygen atoms in total. The van der Waals surface area contributed by atoms with Crippen LogP contribution in [0, 0.1) is 19.8 Å². The van der Waals surface area contributed by atoms with Crippen LogP contribution in [0.1, 0.15) is 29.5 Å². The van der Waals surface area contributed by atoms with Crippen molar-refractivity contribution in [2.45, 2.75) is 26.4 Å².